The Kier molecular flexibility index (Phi) is 3.75. The molecule has 140 valence electrons. The fourth-order valence-electron chi connectivity index (χ4n) is 4.02. The number of fused-ring (bicyclic) bond motifs is 2. The molecule has 1 N–H and O–H groups in total. The zero-order valence-electron chi connectivity index (χ0n) is 15.4. The number of nitrogens with one attached hydrogen (secondary N) is 1. The number of benzene rings is 2. The Labute approximate surface area is 160 Å². The van der Waals surface area contributed by atoms with Crippen molar-refractivity contribution in [3.63, 3.8) is 0 Å². The highest BCUT2D eigenvalue weighted by atomic mass is 16.2. The van der Waals surface area contributed by atoms with E-state index in [1.807, 2.05) is 35.2 Å². The van der Waals surface area contributed by atoms with Crippen LogP contribution in [0.1, 0.15) is 35.2 Å². The van der Waals surface area contributed by atoms with E-state index in [9.17, 15) is 9.59 Å². The van der Waals surface area contributed by atoms with Crippen LogP contribution in [0.15, 0.2) is 53.3 Å². The topological polar surface area (TPSA) is 83.9 Å². The first-order chi connectivity index (χ1) is 13.6. The number of imidazole rings is 1. The molecule has 1 aliphatic heterocycles. The number of likely N-dealkylation sites (tertiary alicyclic amines) is 1. The maximum Gasteiger partial charge on any atom is 0.275 e. The molecular weight excluding hydrogens is 354 g/mol. The molecule has 1 saturated heterocycles. The lowest BCUT2D eigenvalue weighted by Crippen LogP contribution is -2.34. The second-order valence-corrected chi connectivity index (χ2v) is 7.12. The predicted molar refractivity (Wildman–Crippen MR) is 106 cm³/mol. The van der Waals surface area contributed by atoms with Crippen molar-refractivity contribution in [2.75, 3.05) is 6.54 Å². The van der Waals surface area contributed by atoms with Gasteiger partial charge in [-0.2, -0.15) is 5.10 Å². The van der Waals surface area contributed by atoms with E-state index in [0.717, 1.165) is 29.7 Å². The van der Waals surface area contributed by atoms with Gasteiger partial charge in [-0.25, -0.2) is 9.67 Å². The predicted octanol–water partition coefficient (Wildman–Crippen LogP) is 2.79. The van der Waals surface area contributed by atoms with Gasteiger partial charge in [0.15, 0.2) is 5.69 Å². The molecule has 2 aromatic heterocycles. The minimum absolute atomic E-state index is 0.127. The Balaban J connectivity index is 1.59. The van der Waals surface area contributed by atoms with Gasteiger partial charge in [-0.15, -0.1) is 0 Å². The molecule has 5 rings (SSSR count). The molecule has 4 aromatic rings. The van der Waals surface area contributed by atoms with E-state index in [-0.39, 0.29) is 17.5 Å². The van der Waals surface area contributed by atoms with E-state index in [2.05, 4.69) is 15.1 Å². The van der Waals surface area contributed by atoms with Crippen LogP contribution in [0.4, 0.5) is 0 Å². The highest BCUT2D eigenvalue weighted by molar-refractivity contribution is 6.05. The number of para-hydroxylation sites is 2. The molecule has 0 spiro atoms. The molecule has 7 heteroatoms. The molecule has 0 saturated carbocycles. The molecule has 0 bridgehead atoms. The summed E-state index contributed by atoms with van der Waals surface area (Å²) in [6, 6.07) is 14.9. The number of nitrogens with zero attached hydrogens (tertiary/aromatic N) is 4. The first-order valence-corrected chi connectivity index (χ1v) is 9.35. The Bertz CT molecular complexity index is 1240. The number of aryl methyl sites for hydroxylation is 1. The summed E-state index contributed by atoms with van der Waals surface area (Å²) < 4.78 is 1.24. The number of hydrogen-bond acceptors (Lipinski definition) is 4. The highest BCUT2D eigenvalue weighted by Gasteiger charge is 2.34. The lowest BCUT2D eigenvalue weighted by molar-refractivity contribution is 0.0724. The third-order valence-corrected chi connectivity index (χ3v) is 5.40. The summed E-state index contributed by atoms with van der Waals surface area (Å²) >= 11 is 0. The van der Waals surface area contributed by atoms with Gasteiger partial charge in [0, 0.05) is 19.0 Å². The zero-order chi connectivity index (χ0) is 19.3. The summed E-state index contributed by atoms with van der Waals surface area (Å²) in [5.74, 6) is 0.621. The number of carbonyl (C=O) groups is 1. The summed E-state index contributed by atoms with van der Waals surface area (Å²) in [7, 11) is 1.58. The van der Waals surface area contributed by atoms with Gasteiger partial charge in [0.25, 0.3) is 11.5 Å². The number of H-pyrrole nitrogens is 1. The highest BCUT2D eigenvalue weighted by Crippen LogP contribution is 2.33. The maximum absolute atomic E-state index is 13.4. The average molecular weight is 373 g/mol. The normalized spacial score (nSPS) is 16.9. The van der Waals surface area contributed by atoms with Gasteiger partial charge in [-0.05, 0) is 31.0 Å². The van der Waals surface area contributed by atoms with Crippen molar-refractivity contribution in [2.24, 2.45) is 7.05 Å². The number of rotatable bonds is 2. The van der Waals surface area contributed by atoms with Gasteiger partial charge in [0.1, 0.15) is 5.82 Å². The van der Waals surface area contributed by atoms with Crippen LogP contribution in [-0.4, -0.2) is 37.1 Å². The third kappa shape index (κ3) is 2.51. The standard InChI is InChI=1S/C21H19N5O2/c1-25-20(27)14-8-3-2-7-13(14)18(24-25)21(28)26-12-6-11-17(26)19-22-15-9-4-5-10-16(15)23-19/h2-5,7-10,17H,6,11-12H2,1H3,(H,22,23). The summed E-state index contributed by atoms with van der Waals surface area (Å²) in [6.07, 6.45) is 1.74. The molecule has 2 aromatic carbocycles. The van der Waals surface area contributed by atoms with Gasteiger partial charge in [-0.3, -0.25) is 9.59 Å². The minimum atomic E-state index is -0.206. The van der Waals surface area contributed by atoms with Crippen LogP contribution in [0.2, 0.25) is 0 Å². The van der Waals surface area contributed by atoms with E-state index in [1.54, 1.807) is 25.2 Å². The van der Waals surface area contributed by atoms with Crippen molar-refractivity contribution in [1.82, 2.24) is 24.6 Å². The molecule has 0 radical (unpaired) electrons. The second-order valence-electron chi connectivity index (χ2n) is 7.12. The number of amides is 1. The average Bonchev–Trinajstić information content (AvgIpc) is 3.36. The fraction of sp³-hybridized carbons (Fsp3) is 0.238. The number of aromatic nitrogens is 4. The molecule has 7 nitrogen and oxygen atoms in total. The van der Waals surface area contributed by atoms with Crippen molar-refractivity contribution in [1.29, 1.82) is 0 Å². The van der Waals surface area contributed by atoms with Crippen molar-refractivity contribution in [2.45, 2.75) is 18.9 Å². The lowest BCUT2D eigenvalue weighted by atomic mass is 10.1. The van der Waals surface area contributed by atoms with Crippen molar-refractivity contribution in [3.8, 4) is 0 Å². The number of carbonyl (C=O) groups excluding carboxylic acids is 1. The zero-order valence-corrected chi connectivity index (χ0v) is 15.4. The van der Waals surface area contributed by atoms with Crippen molar-refractivity contribution >= 4 is 27.7 Å². The number of aromatic amines is 1. The second kappa shape index (κ2) is 6.30. The number of hydrogen-bond donors (Lipinski definition) is 1. The summed E-state index contributed by atoms with van der Waals surface area (Å²) in [6.45, 7) is 0.638. The van der Waals surface area contributed by atoms with Crippen LogP contribution >= 0.6 is 0 Å². The Morgan fingerprint density at radius 2 is 1.86 bits per heavy atom. The maximum atomic E-state index is 13.4. The van der Waals surface area contributed by atoms with Crippen LogP contribution in [0.5, 0.6) is 0 Å². The SMILES string of the molecule is Cn1nc(C(=O)N2CCCC2c2nc3ccccc3[nH]2)c2ccccc2c1=O. The van der Waals surface area contributed by atoms with Gasteiger partial charge in [-0.1, -0.05) is 30.3 Å². The van der Waals surface area contributed by atoms with Gasteiger partial charge < -0.3 is 9.88 Å². The monoisotopic (exact) mass is 373 g/mol. The van der Waals surface area contributed by atoms with E-state index >= 15 is 0 Å². The first-order valence-electron chi connectivity index (χ1n) is 9.35. The smallest absolute Gasteiger partial charge is 0.275 e. The van der Waals surface area contributed by atoms with Crippen LogP contribution in [-0.2, 0) is 7.05 Å². The molecular formula is C21H19N5O2. The third-order valence-electron chi connectivity index (χ3n) is 5.40. The van der Waals surface area contributed by atoms with E-state index in [4.69, 9.17) is 0 Å². The van der Waals surface area contributed by atoms with Gasteiger partial charge in [0.2, 0.25) is 0 Å². The quantitative estimate of drug-likeness (QED) is 0.586. The molecule has 0 aliphatic carbocycles. The Hall–Kier alpha value is -3.48. The van der Waals surface area contributed by atoms with Crippen LogP contribution < -0.4 is 5.56 Å². The molecule has 1 fully saturated rings. The molecule has 1 unspecified atom stereocenters. The van der Waals surface area contributed by atoms with E-state index < -0.39 is 0 Å². The van der Waals surface area contributed by atoms with Crippen molar-refractivity contribution < 1.29 is 4.79 Å². The Morgan fingerprint density at radius 1 is 1.11 bits per heavy atom. The minimum Gasteiger partial charge on any atom is -0.340 e. The molecule has 28 heavy (non-hydrogen) atoms. The fourth-order valence-corrected chi connectivity index (χ4v) is 4.02. The molecule has 1 aliphatic rings. The molecule has 1 amide bonds. The largest absolute Gasteiger partial charge is 0.340 e. The van der Waals surface area contributed by atoms with Crippen molar-refractivity contribution in [3.05, 3.63) is 70.4 Å². The van der Waals surface area contributed by atoms with Crippen LogP contribution in [0.25, 0.3) is 21.8 Å². The van der Waals surface area contributed by atoms with Crippen LogP contribution in [0.3, 0.4) is 0 Å². The van der Waals surface area contributed by atoms with Gasteiger partial charge in [0.05, 0.1) is 22.5 Å². The summed E-state index contributed by atoms with van der Waals surface area (Å²) in [5, 5.41) is 5.39. The lowest BCUT2D eigenvalue weighted by Gasteiger charge is -2.23. The molecule has 3 heterocycles. The Morgan fingerprint density at radius 3 is 2.68 bits per heavy atom. The summed E-state index contributed by atoms with van der Waals surface area (Å²) in [4.78, 5) is 35.7. The molecule has 1 atom stereocenters. The van der Waals surface area contributed by atoms with E-state index in [1.165, 1.54) is 4.68 Å². The van der Waals surface area contributed by atoms with Gasteiger partial charge >= 0.3 is 0 Å². The van der Waals surface area contributed by atoms with Crippen LogP contribution in [0, 0.1) is 0 Å². The summed E-state index contributed by atoms with van der Waals surface area (Å²) in [5.41, 5.74) is 1.95. The first kappa shape index (κ1) is 16.7. The van der Waals surface area contributed by atoms with E-state index in [0.29, 0.717) is 23.0 Å².